The first kappa shape index (κ1) is 8.37. The highest BCUT2D eigenvalue weighted by Crippen LogP contribution is 2.28. The first-order chi connectivity index (χ1) is 5.04. The summed E-state index contributed by atoms with van der Waals surface area (Å²) in [5.74, 6) is 0.531. The van der Waals surface area contributed by atoms with Crippen LogP contribution in [0.4, 0.5) is 4.79 Å². The topological polar surface area (TPSA) is 38.3 Å². The number of ether oxygens (including phenoxy) is 1. The van der Waals surface area contributed by atoms with Crippen LogP contribution in [0.1, 0.15) is 20.8 Å². The lowest BCUT2D eigenvalue weighted by Gasteiger charge is -2.36. The first-order valence-electron chi connectivity index (χ1n) is 3.95. The molecule has 1 unspecified atom stereocenters. The fourth-order valence-corrected chi connectivity index (χ4v) is 0.977. The Morgan fingerprint density at radius 1 is 1.64 bits per heavy atom. The maximum Gasteiger partial charge on any atom is 0.407 e. The third-order valence-corrected chi connectivity index (χ3v) is 2.56. The molecule has 1 saturated heterocycles. The quantitative estimate of drug-likeness (QED) is 0.624. The van der Waals surface area contributed by atoms with Gasteiger partial charge in [0.1, 0.15) is 6.61 Å². The van der Waals surface area contributed by atoms with Crippen molar-refractivity contribution in [3.63, 3.8) is 0 Å². The van der Waals surface area contributed by atoms with Gasteiger partial charge in [0, 0.05) is 12.0 Å². The third-order valence-electron chi connectivity index (χ3n) is 2.56. The number of carbonyl (C=O) groups is 1. The van der Waals surface area contributed by atoms with Gasteiger partial charge in [0.2, 0.25) is 0 Å². The zero-order valence-corrected chi connectivity index (χ0v) is 7.31. The summed E-state index contributed by atoms with van der Waals surface area (Å²) in [4.78, 5) is 10.6. The summed E-state index contributed by atoms with van der Waals surface area (Å²) in [6, 6.07) is 0. The van der Waals surface area contributed by atoms with Crippen LogP contribution in [-0.4, -0.2) is 19.2 Å². The molecule has 0 aliphatic carbocycles. The summed E-state index contributed by atoms with van der Waals surface area (Å²) >= 11 is 0. The van der Waals surface area contributed by atoms with Gasteiger partial charge in [0.25, 0.3) is 0 Å². The minimum absolute atomic E-state index is 0.105. The van der Waals surface area contributed by atoms with Crippen LogP contribution < -0.4 is 5.32 Å². The Kier molecular flexibility index (Phi) is 2.07. The molecule has 3 nitrogen and oxygen atoms in total. The van der Waals surface area contributed by atoms with Crippen molar-refractivity contribution in [2.24, 2.45) is 11.3 Å². The van der Waals surface area contributed by atoms with Gasteiger partial charge in [-0.25, -0.2) is 4.79 Å². The van der Waals surface area contributed by atoms with Crippen molar-refractivity contribution >= 4 is 6.09 Å². The molecule has 1 rings (SSSR count). The molecule has 0 radical (unpaired) electrons. The summed E-state index contributed by atoms with van der Waals surface area (Å²) in [5, 5.41) is 2.69. The van der Waals surface area contributed by atoms with Gasteiger partial charge in [0.15, 0.2) is 0 Å². The predicted molar refractivity (Wildman–Crippen MR) is 42.3 cm³/mol. The number of carbonyl (C=O) groups excluding carboxylic acids is 1. The molecule has 0 aromatic heterocycles. The molecule has 1 amide bonds. The van der Waals surface area contributed by atoms with Crippen LogP contribution in [0.3, 0.4) is 0 Å². The second-order valence-electron chi connectivity index (χ2n) is 3.74. The van der Waals surface area contributed by atoms with Gasteiger partial charge in [-0.05, 0) is 5.92 Å². The molecule has 0 aromatic rings. The van der Waals surface area contributed by atoms with E-state index in [-0.39, 0.29) is 11.5 Å². The van der Waals surface area contributed by atoms with Crippen LogP contribution in [0.5, 0.6) is 0 Å². The second kappa shape index (κ2) is 2.72. The maximum absolute atomic E-state index is 10.6. The van der Waals surface area contributed by atoms with E-state index in [0.717, 1.165) is 6.54 Å². The Labute approximate surface area is 67.1 Å². The van der Waals surface area contributed by atoms with Crippen LogP contribution in [-0.2, 0) is 4.74 Å². The Bertz CT molecular complexity index is 155. The molecule has 0 spiro atoms. The third kappa shape index (κ3) is 1.64. The van der Waals surface area contributed by atoms with Crippen LogP contribution in [0.2, 0.25) is 0 Å². The molecule has 1 N–H and O–H groups in total. The average Bonchev–Trinajstić information content (AvgIpc) is 1.95. The fraction of sp³-hybridized carbons (Fsp3) is 0.875. The van der Waals surface area contributed by atoms with E-state index in [9.17, 15) is 4.79 Å². The zero-order valence-electron chi connectivity index (χ0n) is 7.31. The molecule has 0 aromatic carbocycles. The summed E-state index contributed by atoms with van der Waals surface area (Å²) < 4.78 is 4.90. The smallest absolute Gasteiger partial charge is 0.407 e. The number of nitrogens with one attached hydrogen (secondary N) is 1. The van der Waals surface area contributed by atoms with Crippen molar-refractivity contribution in [2.45, 2.75) is 20.8 Å². The van der Waals surface area contributed by atoms with Crippen LogP contribution in [0.15, 0.2) is 0 Å². The highest BCUT2D eigenvalue weighted by molar-refractivity contribution is 5.68. The van der Waals surface area contributed by atoms with E-state index in [2.05, 4.69) is 26.1 Å². The molecule has 11 heavy (non-hydrogen) atoms. The second-order valence-corrected chi connectivity index (χ2v) is 3.74. The Morgan fingerprint density at radius 2 is 2.27 bits per heavy atom. The van der Waals surface area contributed by atoms with Gasteiger partial charge in [-0.3, -0.25) is 0 Å². The van der Waals surface area contributed by atoms with Crippen LogP contribution in [0.25, 0.3) is 0 Å². The van der Waals surface area contributed by atoms with Gasteiger partial charge in [-0.1, -0.05) is 20.8 Å². The molecular formula is C8H15NO2. The molecule has 1 aliphatic heterocycles. The molecule has 1 fully saturated rings. The number of hydrogen-bond donors (Lipinski definition) is 1. The molecule has 1 aliphatic rings. The minimum atomic E-state index is -0.289. The van der Waals surface area contributed by atoms with Crippen LogP contribution in [0, 0.1) is 11.3 Å². The summed E-state index contributed by atoms with van der Waals surface area (Å²) in [6.45, 7) is 7.67. The number of cyclic esters (lactones) is 1. The van der Waals surface area contributed by atoms with E-state index in [1.165, 1.54) is 0 Å². The Morgan fingerprint density at radius 3 is 2.64 bits per heavy atom. The lowest BCUT2D eigenvalue weighted by atomic mass is 9.79. The van der Waals surface area contributed by atoms with E-state index in [1.54, 1.807) is 0 Å². The van der Waals surface area contributed by atoms with E-state index in [4.69, 9.17) is 4.74 Å². The van der Waals surface area contributed by atoms with Gasteiger partial charge < -0.3 is 10.1 Å². The number of alkyl carbamates (subject to hydrolysis) is 1. The van der Waals surface area contributed by atoms with Crippen molar-refractivity contribution < 1.29 is 9.53 Å². The van der Waals surface area contributed by atoms with E-state index >= 15 is 0 Å². The van der Waals surface area contributed by atoms with Gasteiger partial charge in [0.05, 0.1) is 0 Å². The van der Waals surface area contributed by atoms with Crippen molar-refractivity contribution in [1.29, 1.82) is 0 Å². The molecule has 0 bridgehead atoms. The van der Waals surface area contributed by atoms with Crippen molar-refractivity contribution in [2.75, 3.05) is 13.2 Å². The van der Waals surface area contributed by atoms with E-state index in [0.29, 0.717) is 12.5 Å². The fourth-order valence-electron chi connectivity index (χ4n) is 0.977. The standard InChI is InChI=1S/C8H15NO2/c1-6(2)8(3)4-9-7(10)11-5-8/h6H,4-5H2,1-3H3,(H,9,10). The van der Waals surface area contributed by atoms with Crippen LogP contribution >= 0.6 is 0 Å². The number of rotatable bonds is 1. The normalized spacial score (nSPS) is 31.5. The monoisotopic (exact) mass is 157 g/mol. The zero-order chi connectivity index (χ0) is 8.48. The Hall–Kier alpha value is -0.730. The molecular weight excluding hydrogens is 142 g/mol. The first-order valence-corrected chi connectivity index (χ1v) is 3.95. The summed E-state index contributed by atoms with van der Waals surface area (Å²) in [5.41, 5.74) is 0.105. The van der Waals surface area contributed by atoms with Gasteiger partial charge in [-0.15, -0.1) is 0 Å². The predicted octanol–water partition coefficient (Wildman–Crippen LogP) is 1.39. The number of amides is 1. The Balaban J connectivity index is 2.55. The van der Waals surface area contributed by atoms with Crippen molar-refractivity contribution in [3.8, 4) is 0 Å². The highest BCUT2D eigenvalue weighted by Gasteiger charge is 2.33. The highest BCUT2D eigenvalue weighted by atomic mass is 16.6. The van der Waals surface area contributed by atoms with E-state index in [1.807, 2.05) is 0 Å². The SMILES string of the molecule is CC(C)C1(C)CNC(=O)OC1. The minimum Gasteiger partial charge on any atom is -0.449 e. The lowest BCUT2D eigenvalue weighted by molar-refractivity contribution is 0.0339. The van der Waals surface area contributed by atoms with Gasteiger partial charge >= 0.3 is 6.09 Å². The summed E-state index contributed by atoms with van der Waals surface area (Å²) in [6.07, 6.45) is -0.289. The van der Waals surface area contributed by atoms with Gasteiger partial charge in [-0.2, -0.15) is 0 Å². The molecule has 64 valence electrons. The van der Waals surface area contributed by atoms with Crippen molar-refractivity contribution in [3.05, 3.63) is 0 Å². The molecule has 0 saturated carbocycles. The average molecular weight is 157 g/mol. The molecule has 1 atom stereocenters. The summed E-state index contributed by atoms with van der Waals surface area (Å²) in [7, 11) is 0. The lowest BCUT2D eigenvalue weighted by Crippen LogP contribution is -2.48. The van der Waals surface area contributed by atoms with E-state index < -0.39 is 0 Å². The van der Waals surface area contributed by atoms with Crippen molar-refractivity contribution in [1.82, 2.24) is 5.32 Å². The molecule has 1 heterocycles. The molecule has 3 heteroatoms. The maximum atomic E-state index is 10.6. The number of hydrogen-bond acceptors (Lipinski definition) is 2. The largest absolute Gasteiger partial charge is 0.449 e.